The first-order chi connectivity index (χ1) is 15.5. The second kappa shape index (κ2) is 10.6. The molecule has 2 amide bonds. The van der Waals surface area contributed by atoms with Crippen LogP contribution in [0.25, 0.3) is 6.08 Å². The van der Waals surface area contributed by atoms with Gasteiger partial charge in [0.25, 0.3) is 5.91 Å². The van der Waals surface area contributed by atoms with E-state index in [-0.39, 0.29) is 11.8 Å². The van der Waals surface area contributed by atoms with Crippen LogP contribution in [0.3, 0.4) is 0 Å². The quantitative estimate of drug-likeness (QED) is 0.471. The maximum atomic E-state index is 12.3. The lowest BCUT2D eigenvalue weighted by atomic mass is 10.1. The molecule has 0 aliphatic carbocycles. The summed E-state index contributed by atoms with van der Waals surface area (Å²) < 4.78 is 10.5. The molecule has 3 rings (SSSR count). The normalized spacial score (nSPS) is 10.6. The summed E-state index contributed by atoms with van der Waals surface area (Å²) in [4.78, 5) is 28.4. The summed E-state index contributed by atoms with van der Waals surface area (Å²) in [6.07, 6.45) is 4.66. The lowest BCUT2D eigenvalue weighted by Crippen LogP contribution is -2.20. The Morgan fingerprint density at radius 3 is 2.44 bits per heavy atom. The Morgan fingerprint density at radius 1 is 1.00 bits per heavy atom. The summed E-state index contributed by atoms with van der Waals surface area (Å²) in [5, 5.41) is 5.57. The number of nitrogens with two attached hydrogens (primary N) is 1. The highest BCUT2D eigenvalue weighted by Gasteiger charge is 2.07. The predicted octanol–water partition coefficient (Wildman–Crippen LogP) is 3.26. The number of ether oxygens (including phenoxy) is 2. The van der Waals surface area contributed by atoms with Crippen LogP contribution in [0.15, 0.2) is 66.9 Å². The molecule has 0 aliphatic rings. The van der Waals surface area contributed by atoms with Crippen molar-refractivity contribution in [1.29, 1.82) is 0 Å². The van der Waals surface area contributed by atoms with Crippen LogP contribution in [-0.2, 0) is 11.3 Å². The molecule has 2 aromatic carbocycles. The Balaban J connectivity index is 1.53. The van der Waals surface area contributed by atoms with Crippen molar-refractivity contribution in [3.63, 3.8) is 0 Å². The molecule has 0 bridgehead atoms. The number of amides is 2. The van der Waals surface area contributed by atoms with Gasteiger partial charge in [0.15, 0.2) is 11.5 Å². The molecule has 0 fully saturated rings. The standard InChI is InChI=1S/C24H24N4O4/c1-31-20-9-5-16(13-21(20)32-2)6-10-23(29)27-15-17-3-7-18(8-4-17)24(30)28-19-11-12-26-22(25)14-19/h3-14H,15H2,1-2H3,(H,27,29)(H3,25,26,28,30)/b10-6+. The van der Waals surface area contributed by atoms with E-state index < -0.39 is 0 Å². The second-order valence-corrected chi connectivity index (χ2v) is 6.79. The molecule has 0 aliphatic heterocycles. The van der Waals surface area contributed by atoms with Gasteiger partial charge >= 0.3 is 0 Å². The Hall–Kier alpha value is -4.33. The molecule has 3 aromatic rings. The van der Waals surface area contributed by atoms with Crippen molar-refractivity contribution in [2.75, 3.05) is 25.3 Å². The minimum Gasteiger partial charge on any atom is -0.493 e. The van der Waals surface area contributed by atoms with Crippen LogP contribution in [0.1, 0.15) is 21.5 Å². The summed E-state index contributed by atoms with van der Waals surface area (Å²) in [5.41, 5.74) is 8.35. The summed E-state index contributed by atoms with van der Waals surface area (Å²) in [6, 6.07) is 15.6. The fourth-order valence-corrected chi connectivity index (χ4v) is 2.88. The van der Waals surface area contributed by atoms with Crippen molar-refractivity contribution in [3.8, 4) is 11.5 Å². The molecular weight excluding hydrogens is 408 g/mol. The van der Waals surface area contributed by atoms with Crippen LogP contribution in [0.4, 0.5) is 11.5 Å². The number of rotatable bonds is 8. The third kappa shape index (κ3) is 6.09. The zero-order valence-corrected chi connectivity index (χ0v) is 17.8. The molecule has 164 valence electrons. The highest BCUT2D eigenvalue weighted by Crippen LogP contribution is 2.27. The molecule has 0 unspecified atom stereocenters. The number of methoxy groups -OCH3 is 2. The zero-order valence-electron chi connectivity index (χ0n) is 17.8. The van der Waals surface area contributed by atoms with Crippen LogP contribution in [-0.4, -0.2) is 31.0 Å². The minimum absolute atomic E-state index is 0.239. The highest BCUT2D eigenvalue weighted by atomic mass is 16.5. The largest absolute Gasteiger partial charge is 0.493 e. The third-order valence-corrected chi connectivity index (χ3v) is 4.56. The molecule has 1 aromatic heterocycles. The number of carbonyl (C=O) groups excluding carboxylic acids is 2. The predicted molar refractivity (Wildman–Crippen MR) is 123 cm³/mol. The third-order valence-electron chi connectivity index (χ3n) is 4.56. The SMILES string of the molecule is COc1ccc(/C=C/C(=O)NCc2ccc(C(=O)Nc3ccnc(N)c3)cc2)cc1OC. The van der Waals surface area contributed by atoms with E-state index in [4.69, 9.17) is 15.2 Å². The number of nitrogens with zero attached hydrogens (tertiary/aromatic N) is 1. The minimum atomic E-state index is -0.260. The van der Waals surface area contributed by atoms with E-state index in [0.29, 0.717) is 35.1 Å². The topological polar surface area (TPSA) is 116 Å². The van der Waals surface area contributed by atoms with Gasteiger partial charge in [0.05, 0.1) is 14.2 Å². The van der Waals surface area contributed by atoms with Gasteiger partial charge in [-0.15, -0.1) is 0 Å². The van der Waals surface area contributed by atoms with Crippen molar-refractivity contribution >= 4 is 29.4 Å². The van der Waals surface area contributed by atoms with Gasteiger partial charge < -0.3 is 25.8 Å². The smallest absolute Gasteiger partial charge is 0.255 e. The first-order valence-corrected chi connectivity index (χ1v) is 9.78. The molecule has 8 nitrogen and oxygen atoms in total. The summed E-state index contributed by atoms with van der Waals surface area (Å²) >= 11 is 0. The molecule has 0 spiro atoms. The van der Waals surface area contributed by atoms with Gasteiger partial charge in [-0.25, -0.2) is 4.98 Å². The van der Waals surface area contributed by atoms with E-state index in [1.807, 2.05) is 6.07 Å². The van der Waals surface area contributed by atoms with Crippen molar-refractivity contribution in [2.45, 2.75) is 6.54 Å². The number of aromatic nitrogens is 1. The molecule has 32 heavy (non-hydrogen) atoms. The van der Waals surface area contributed by atoms with E-state index in [1.165, 1.54) is 12.3 Å². The first kappa shape index (κ1) is 22.4. The summed E-state index contributed by atoms with van der Waals surface area (Å²) in [5.74, 6) is 1.04. The van der Waals surface area contributed by atoms with E-state index in [0.717, 1.165) is 11.1 Å². The Kier molecular flexibility index (Phi) is 7.42. The number of hydrogen-bond acceptors (Lipinski definition) is 6. The number of pyridine rings is 1. The highest BCUT2D eigenvalue weighted by molar-refractivity contribution is 6.04. The average molecular weight is 432 g/mol. The van der Waals surface area contributed by atoms with E-state index in [1.54, 1.807) is 68.8 Å². The summed E-state index contributed by atoms with van der Waals surface area (Å²) in [6.45, 7) is 0.331. The van der Waals surface area contributed by atoms with Crippen molar-refractivity contribution in [1.82, 2.24) is 10.3 Å². The first-order valence-electron chi connectivity index (χ1n) is 9.78. The van der Waals surface area contributed by atoms with Gasteiger partial charge in [-0.3, -0.25) is 9.59 Å². The molecule has 0 saturated heterocycles. The molecule has 4 N–H and O–H groups in total. The monoisotopic (exact) mass is 432 g/mol. The Labute approximate surface area is 186 Å². The Bertz CT molecular complexity index is 1130. The number of nitrogen functional groups attached to an aromatic ring is 1. The van der Waals surface area contributed by atoms with Gasteiger partial charge in [-0.2, -0.15) is 0 Å². The van der Waals surface area contributed by atoms with Gasteiger partial charge in [0.1, 0.15) is 5.82 Å². The molecule has 0 atom stereocenters. The second-order valence-electron chi connectivity index (χ2n) is 6.79. The number of anilines is 2. The maximum absolute atomic E-state index is 12.3. The van der Waals surface area contributed by atoms with Crippen molar-refractivity contribution in [3.05, 3.63) is 83.6 Å². The molecule has 0 radical (unpaired) electrons. The van der Waals surface area contributed by atoms with Crippen LogP contribution >= 0.6 is 0 Å². The molecule has 8 heteroatoms. The van der Waals surface area contributed by atoms with Crippen LogP contribution in [0, 0.1) is 0 Å². The maximum Gasteiger partial charge on any atom is 0.255 e. The van der Waals surface area contributed by atoms with Gasteiger partial charge in [-0.05, 0) is 47.5 Å². The molecule has 1 heterocycles. The van der Waals surface area contributed by atoms with Crippen LogP contribution < -0.4 is 25.8 Å². The fourth-order valence-electron chi connectivity index (χ4n) is 2.88. The number of carbonyl (C=O) groups is 2. The van der Waals surface area contributed by atoms with Crippen LogP contribution in [0.2, 0.25) is 0 Å². The number of hydrogen-bond donors (Lipinski definition) is 3. The Morgan fingerprint density at radius 2 is 1.75 bits per heavy atom. The van der Waals surface area contributed by atoms with E-state index in [2.05, 4.69) is 15.6 Å². The lowest BCUT2D eigenvalue weighted by Gasteiger charge is -2.08. The zero-order chi connectivity index (χ0) is 22.9. The van der Waals surface area contributed by atoms with E-state index in [9.17, 15) is 9.59 Å². The molecular formula is C24H24N4O4. The number of benzene rings is 2. The van der Waals surface area contributed by atoms with Crippen molar-refractivity contribution in [2.24, 2.45) is 0 Å². The van der Waals surface area contributed by atoms with Gasteiger partial charge in [0.2, 0.25) is 5.91 Å². The van der Waals surface area contributed by atoms with Gasteiger partial charge in [0, 0.05) is 36.1 Å². The van der Waals surface area contributed by atoms with Crippen molar-refractivity contribution < 1.29 is 19.1 Å². The lowest BCUT2D eigenvalue weighted by molar-refractivity contribution is -0.116. The van der Waals surface area contributed by atoms with Crippen LogP contribution in [0.5, 0.6) is 11.5 Å². The van der Waals surface area contributed by atoms with Gasteiger partial charge in [-0.1, -0.05) is 18.2 Å². The number of nitrogens with one attached hydrogen (secondary N) is 2. The fraction of sp³-hybridized carbons (Fsp3) is 0.125. The summed E-state index contributed by atoms with van der Waals surface area (Å²) in [7, 11) is 3.12. The van der Waals surface area contributed by atoms with E-state index >= 15 is 0 Å². The average Bonchev–Trinajstić information content (AvgIpc) is 2.81. The molecule has 0 saturated carbocycles.